The number of nitrogens with zero attached hydrogens (tertiary/aromatic N) is 1. The lowest BCUT2D eigenvalue weighted by molar-refractivity contribution is -0.157. The number of aliphatic carboxylic acids is 1. The molecule has 2 rings (SSSR count). The summed E-state index contributed by atoms with van der Waals surface area (Å²) in [5.74, 6) is -1.13. The van der Waals surface area contributed by atoms with Crippen LogP contribution >= 0.6 is 0 Å². The van der Waals surface area contributed by atoms with Crippen molar-refractivity contribution in [1.82, 2.24) is 4.90 Å². The third-order valence-electron chi connectivity index (χ3n) is 4.15. The minimum Gasteiger partial charge on any atom is -0.481 e. The van der Waals surface area contributed by atoms with Crippen molar-refractivity contribution >= 4 is 11.9 Å². The molecular formula is C12H19NO3. The Hall–Kier alpha value is -1.06. The van der Waals surface area contributed by atoms with E-state index in [-0.39, 0.29) is 23.4 Å². The first kappa shape index (κ1) is 11.4. The van der Waals surface area contributed by atoms with Crippen LogP contribution in [-0.4, -0.2) is 33.5 Å². The zero-order valence-corrected chi connectivity index (χ0v) is 10.1. The molecule has 0 bridgehead atoms. The summed E-state index contributed by atoms with van der Waals surface area (Å²) in [6, 6.07) is -0.179. The zero-order chi connectivity index (χ0) is 12.1. The standard InChI is InChI=1S/C12H19NO3/c1-7-6-9(14)13(12(3)4-5-12)8(2)10(7)11(15)16/h7-8,10H,4-6H2,1-3H3,(H,15,16). The van der Waals surface area contributed by atoms with Gasteiger partial charge in [-0.25, -0.2) is 0 Å². The van der Waals surface area contributed by atoms with E-state index in [0.717, 1.165) is 12.8 Å². The number of hydrogen-bond acceptors (Lipinski definition) is 2. The van der Waals surface area contributed by atoms with Crippen LogP contribution in [0.1, 0.15) is 40.0 Å². The van der Waals surface area contributed by atoms with E-state index in [1.165, 1.54) is 0 Å². The minimum absolute atomic E-state index is 0.0569. The number of carbonyl (C=O) groups is 2. The van der Waals surface area contributed by atoms with Crippen molar-refractivity contribution in [2.45, 2.75) is 51.6 Å². The molecule has 1 saturated carbocycles. The highest BCUT2D eigenvalue weighted by Gasteiger charge is 2.53. The zero-order valence-electron chi connectivity index (χ0n) is 10.1. The van der Waals surface area contributed by atoms with Crippen LogP contribution in [0.5, 0.6) is 0 Å². The van der Waals surface area contributed by atoms with Crippen molar-refractivity contribution < 1.29 is 14.7 Å². The van der Waals surface area contributed by atoms with E-state index in [1.54, 1.807) is 0 Å². The van der Waals surface area contributed by atoms with Crippen molar-refractivity contribution in [1.29, 1.82) is 0 Å². The summed E-state index contributed by atoms with van der Waals surface area (Å²) < 4.78 is 0. The van der Waals surface area contributed by atoms with Crippen LogP contribution in [0.3, 0.4) is 0 Å². The van der Waals surface area contributed by atoms with Crippen LogP contribution in [0.25, 0.3) is 0 Å². The predicted octanol–water partition coefficient (Wildman–Crippen LogP) is 1.50. The van der Waals surface area contributed by atoms with Gasteiger partial charge in [0.2, 0.25) is 5.91 Å². The molecule has 16 heavy (non-hydrogen) atoms. The molecule has 2 aliphatic rings. The number of carbonyl (C=O) groups excluding carboxylic acids is 1. The van der Waals surface area contributed by atoms with E-state index in [9.17, 15) is 14.7 Å². The molecule has 4 heteroatoms. The number of amides is 1. The maximum absolute atomic E-state index is 12.0. The largest absolute Gasteiger partial charge is 0.481 e. The molecule has 0 aromatic carbocycles. The monoisotopic (exact) mass is 225 g/mol. The van der Waals surface area contributed by atoms with Gasteiger partial charge in [0, 0.05) is 18.0 Å². The van der Waals surface area contributed by atoms with Crippen molar-refractivity contribution in [3.05, 3.63) is 0 Å². The van der Waals surface area contributed by atoms with Gasteiger partial charge in [-0.05, 0) is 32.6 Å². The lowest BCUT2D eigenvalue weighted by Gasteiger charge is -2.44. The third-order valence-corrected chi connectivity index (χ3v) is 4.15. The predicted molar refractivity (Wildman–Crippen MR) is 58.9 cm³/mol. The first-order valence-electron chi connectivity index (χ1n) is 5.92. The number of hydrogen-bond donors (Lipinski definition) is 1. The van der Waals surface area contributed by atoms with E-state index in [1.807, 2.05) is 18.7 Å². The van der Waals surface area contributed by atoms with Crippen LogP contribution in [-0.2, 0) is 9.59 Å². The fourth-order valence-electron chi connectivity index (χ4n) is 3.03. The number of rotatable bonds is 2. The van der Waals surface area contributed by atoms with Gasteiger partial charge in [0.15, 0.2) is 0 Å². The van der Waals surface area contributed by atoms with Crippen molar-refractivity contribution in [2.24, 2.45) is 11.8 Å². The molecule has 1 heterocycles. The van der Waals surface area contributed by atoms with Crippen LogP contribution in [0, 0.1) is 11.8 Å². The number of piperidine rings is 1. The van der Waals surface area contributed by atoms with Gasteiger partial charge in [-0.15, -0.1) is 0 Å². The van der Waals surface area contributed by atoms with Crippen molar-refractivity contribution in [3.63, 3.8) is 0 Å². The van der Waals surface area contributed by atoms with Crippen LogP contribution in [0.2, 0.25) is 0 Å². The Labute approximate surface area is 95.6 Å². The summed E-state index contributed by atoms with van der Waals surface area (Å²) in [6.45, 7) is 5.78. The molecule has 1 aliphatic heterocycles. The van der Waals surface area contributed by atoms with E-state index in [4.69, 9.17) is 0 Å². The SMILES string of the molecule is CC1CC(=O)N(C2(C)CC2)C(C)C1C(=O)O. The molecule has 2 fully saturated rings. The Balaban J connectivity index is 2.26. The van der Waals surface area contributed by atoms with Gasteiger partial charge in [0.25, 0.3) is 0 Å². The average Bonchev–Trinajstić information content (AvgIpc) is 2.81. The first-order chi connectivity index (χ1) is 7.37. The van der Waals surface area contributed by atoms with E-state index in [2.05, 4.69) is 6.92 Å². The molecule has 3 atom stereocenters. The van der Waals surface area contributed by atoms with E-state index in [0.29, 0.717) is 6.42 Å². The highest BCUT2D eigenvalue weighted by atomic mass is 16.4. The Kier molecular flexibility index (Phi) is 2.48. The van der Waals surface area contributed by atoms with Gasteiger partial charge >= 0.3 is 5.97 Å². The lowest BCUT2D eigenvalue weighted by Crippen LogP contribution is -2.56. The van der Waals surface area contributed by atoms with E-state index >= 15 is 0 Å². The molecule has 1 amide bonds. The average molecular weight is 225 g/mol. The molecule has 0 radical (unpaired) electrons. The van der Waals surface area contributed by atoms with Gasteiger partial charge in [0.1, 0.15) is 0 Å². The summed E-state index contributed by atoms with van der Waals surface area (Å²) in [4.78, 5) is 25.1. The van der Waals surface area contributed by atoms with Gasteiger partial charge < -0.3 is 10.0 Å². The first-order valence-corrected chi connectivity index (χ1v) is 5.92. The smallest absolute Gasteiger partial charge is 0.308 e. The maximum Gasteiger partial charge on any atom is 0.308 e. The highest BCUT2D eigenvalue weighted by Crippen LogP contribution is 2.46. The molecule has 1 saturated heterocycles. The highest BCUT2D eigenvalue weighted by molar-refractivity contribution is 5.82. The molecule has 0 spiro atoms. The fraction of sp³-hybridized carbons (Fsp3) is 0.833. The lowest BCUT2D eigenvalue weighted by atomic mass is 9.80. The van der Waals surface area contributed by atoms with E-state index < -0.39 is 11.9 Å². The Morgan fingerprint density at radius 3 is 2.44 bits per heavy atom. The Morgan fingerprint density at radius 2 is 2.00 bits per heavy atom. The molecule has 0 aromatic heterocycles. The molecule has 90 valence electrons. The number of likely N-dealkylation sites (tertiary alicyclic amines) is 1. The normalized spacial score (nSPS) is 37.3. The summed E-state index contributed by atoms with van der Waals surface area (Å²) >= 11 is 0. The second-order valence-corrected chi connectivity index (χ2v) is 5.55. The molecule has 1 aliphatic carbocycles. The van der Waals surface area contributed by atoms with Gasteiger partial charge in [-0.3, -0.25) is 9.59 Å². The molecule has 0 aromatic rings. The molecule has 4 nitrogen and oxygen atoms in total. The van der Waals surface area contributed by atoms with Crippen LogP contribution in [0.4, 0.5) is 0 Å². The van der Waals surface area contributed by atoms with Gasteiger partial charge in [0.05, 0.1) is 5.92 Å². The summed E-state index contributed by atoms with van der Waals surface area (Å²) in [5.41, 5.74) is -0.0651. The van der Waals surface area contributed by atoms with Gasteiger partial charge in [-0.1, -0.05) is 6.92 Å². The topological polar surface area (TPSA) is 57.6 Å². The quantitative estimate of drug-likeness (QED) is 0.774. The number of carboxylic acids is 1. The summed E-state index contributed by atoms with van der Waals surface area (Å²) in [6.07, 6.45) is 2.38. The Bertz CT molecular complexity index is 335. The van der Waals surface area contributed by atoms with Crippen LogP contribution in [0.15, 0.2) is 0 Å². The van der Waals surface area contributed by atoms with Crippen molar-refractivity contribution in [3.8, 4) is 0 Å². The number of carboxylic acid groups (broad SMARTS) is 1. The second kappa shape index (κ2) is 3.47. The minimum atomic E-state index is -0.776. The Morgan fingerprint density at radius 1 is 1.44 bits per heavy atom. The summed E-state index contributed by atoms with van der Waals surface area (Å²) in [7, 11) is 0. The fourth-order valence-corrected chi connectivity index (χ4v) is 3.03. The summed E-state index contributed by atoms with van der Waals surface area (Å²) in [5, 5.41) is 9.23. The third kappa shape index (κ3) is 1.60. The van der Waals surface area contributed by atoms with Crippen molar-refractivity contribution in [2.75, 3.05) is 0 Å². The maximum atomic E-state index is 12.0. The van der Waals surface area contributed by atoms with Gasteiger partial charge in [-0.2, -0.15) is 0 Å². The molecule has 3 unspecified atom stereocenters. The molecule has 1 N–H and O–H groups in total. The second-order valence-electron chi connectivity index (χ2n) is 5.55. The van der Waals surface area contributed by atoms with Crippen LogP contribution < -0.4 is 0 Å². The molecular weight excluding hydrogens is 206 g/mol.